The molecule has 1 amide bonds. The molecule has 0 aromatic heterocycles. The van der Waals surface area contributed by atoms with Crippen LogP contribution in [-0.2, 0) is 9.53 Å². The minimum Gasteiger partial charge on any atom is -0.384 e. The molecular weight excluding hydrogens is 240 g/mol. The summed E-state index contributed by atoms with van der Waals surface area (Å²) < 4.78 is 5.36. The van der Waals surface area contributed by atoms with Gasteiger partial charge in [0.2, 0.25) is 0 Å². The highest BCUT2D eigenvalue weighted by Crippen LogP contribution is 2.30. The van der Waals surface area contributed by atoms with Crippen molar-refractivity contribution >= 4 is 5.91 Å². The molecule has 0 aromatic carbocycles. The molecule has 0 aromatic rings. The Kier molecular flexibility index (Phi) is 6.33. The molecule has 1 unspecified atom stereocenters. The third-order valence-corrected chi connectivity index (χ3v) is 3.46. The van der Waals surface area contributed by atoms with Crippen molar-refractivity contribution in [1.29, 1.82) is 0 Å². The summed E-state index contributed by atoms with van der Waals surface area (Å²) in [5.74, 6) is 5.86. The molecule has 19 heavy (non-hydrogen) atoms. The number of methoxy groups -OCH3 is 1. The van der Waals surface area contributed by atoms with Gasteiger partial charge in [-0.3, -0.25) is 4.79 Å². The maximum atomic E-state index is 11.8. The lowest BCUT2D eigenvalue weighted by Gasteiger charge is -2.29. The van der Waals surface area contributed by atoms with Gasteiger partial charge < -0.3 is 15.0 Å². The monoisotopic (exact) mass is 266 g/mol. The molecule has 1 fully saturated rings. The van der Waals surface area contributed by atoms with Crippen LogP contribution in [0.4, 0.5) is 0 Å². The van der Waals surface area contributed by atoms with E-state index in [0.717, 1.165) is 32.6 Å². The second-order valence-electron chi connectivity index (χ2n) is 5.81. The van der Waals surface area contributed by atoms with Crippen LogP contribution in [0.15, 0.2) is 0 Å². The summed E-state index contributed by atoms with van der Waals surface area (Å²) in [5, 5.41) is 3.49. The topological polar surface area (TPSA) is 41.6 Å². The van der Waals surface area contributed by atoms with Gasteiger partial charge in [-0.15, -0.1) is 0 Å². The van der Waals surface area contributed by atoms with Crippen molar-refractivity contribution in [3.63, 3.8) is 0 Å². The molecule has 4 heteroatoms. The number of hydrogen-bond donors (Lipinski definition) is 1. The third-order valence-electron chi connectivity index (χ3n) is 3.46. The quantitative estimate of drug-likeness (QED) is 0.733. The summed E-state index contributed by atoms with van der Waals surface area (Å²) in [4.78, 5) is 13.7. The first-order chi connectivity index (χ1) is 9.03. The van der Waals surface area contributed by atoms with Crippen LogP contribution in [0.5, 0.6) is 0 Å². The summed E-state index contributed by atoms with van der Waals surface area (Å²) in [7, 11) is 1.72. The zero-order valence-electron chi connectivity index (χ0n) is 12.6. The van der Waals surface area contributed by atoms with Gasteiger partial charge in [0.1, 0.15) is 0 Å². The van der Waals surface area contributed by atoms with Crippen molar-refractivity contribution in [2.45, 2.75) is 27.2 Å². The largest absolute Gasteiger partial charge is 0.384 e. The minimum absolute atomic E-state index is 0.0364. The van der Waals surface area contributed by atoms with Gasteiger partial charge in [0.05, 0.1) is 6.61 Å². The summed E-state index contributed by atoms with van der Waals surface area (Å²) in [5.41, 5.74) is 0.0364. The molecule has 0 saturated carbocycles. The average molecular weight is 266 g/mol. The van der Waals surface area contributed by atoms with Gasteiger partial charge in [0.15, 0.2) is 0 Å². The van der Waals surface area contributed by atoms with E-state index in [1.165, 1.54) is 0 Å². The molecule has 1 N–H and O–H groups in total. The van der Waals surface area contributed by atoms with E-state index in [1.54, 1.807) is 14.0 Å². The number of rotatable bonds is 6. The molecule has 1 aliphatic heterocycles. The van der Waals surface area contributed by atoms with Crippen LogP contribution in [0, 0.1) is 23.2 Å². The van der Waals surface area contributed by atoms with E-state index in [1.807, 2.05) is 4.90 Å². The number of carbonyl (C=O) groups excluding carboxylic acids is 1. The Hall–Kier alpha value is -1.05. The lowest BCUT2D eigenvalue weighted by atomic mass is 9.88. The number of amides is 1. The predicted molar refractivity (Wildman–Crippen MR) is 76.7 cm³/mol. The number of nitrogens with zero attached hydrogens (tertiary/aromatic N) is 1. The van der Waals surface area contributed by atoms with Gasteiger partial charge in [-0.25, -0.2) is 0 Å². The number of hydrogen-bond acceptors (Lipinski definition) is 3. The first-order valence-electron chi connectivity index (χ1n) is 6.94. The molecule has 1 rings (SSSR count). The molecule has 108 valence electrons. The van der Waals surface area contributed by atoms with Crippen LogP contribution in [0.1, 0.15) is 27.2 Å². The summed E-state index contributed by atoms with van der Waals surface area (Å²) >= 11 is 0. The highest BCUT2D eigenvalue weighted by Gasteiger charge is 2.39. The fourth-order valence-corrected chi connectivity index (χ4v) is 2.54. The lowest BCUT2D eigenvalue weighted by Crippen LogP contribution is -2.42. The van der Waals surface area contributed by atoms with Crippen molar-refractivity contribution < 1.29 is 9.53 Å². The molecule has 4 nitrogen and oxygen atoms in total. The second-order valence-corrected chi connectivity index (χ2v) is 5.81. The predicted octanol–water partition coefficient (Wildman–Crippen LogP) is 1.12. The Bertz CT molecular complexity index is 357. The Morgan fingerprint density at radius 2 is 2.26 bits per heavy atom. The van der Waals surface area contributed by atoms with Gasteiger partial charge in [-0.05, 0) is 31.7 Å². The maximum Gasteiger partial charge on any atom is 0.298 e. The Morgan fingerprint density at radius 1 is 1.53 bits per heavy atom. The van der Waals surface area contributed by atoms with E-state index in [9.17, 15) is 4.79 Å². The highest BCUT2D eigenvalue weighted by molar-refractivity contribution is 5.93. The Morgan fingerprint density at radius 3 is 2.84 bits per heavy atom. The first kappa shape index (κ1) is 16.0. The lowest BCUT2D eigenvalue weighted by molar-refractivity contribution is -0.124. The Labute approximate surface area is 116 Å². The fraction of sp³-hybridized carbons (Fsp3) is 0.800. The van der Waals surface area contributed by atoms with Crippen molar-refractivity contribution in [2.75, 3.05) is 39.9 Å². The van der Waals surface area contributed by atoms with Crippen molar-refractivity contribution in [1.82, 2.24) is 10.2 Å². The van der Waals surface area contributed by atoms with Crippen LogP contribution in [0.25, 0.3) is 0 Å². The maximum absolute atomic E-state index is 11.8. The second kappa shape index (κ2) is 7.52. The van der Waals surface area contributed by atoms with Gasteiger partial charge >= 0.3 is 0 Å². The molecule has 1 atom stereocenters. The number of carbonyl (C=O) groups is 1. The molecule has 1 aliphatic rings. The van der Waals surface area contributed by atoms with Gasteiger partial charge in [-0.2, -0.15) is 0 Å². The molecule has 1 saturated heterocycles. The van der Waals surface area contributed by atoms with E-state index in [-0.39, 0.29) is 11.3 Å². The van der Waals surface area contributed by atoms with Crippen LogP contribution in [0.3, 0.4) is 0 Å². The molecule has 1 heterocycles. The number of nitrogens with one attached hydrogen (secondary N) is 1. The van der Waals surface area contributed by atoms with Crippen LogP contribution in [0.2, 0.25) is 0 Å². The zero-order valence-corrected chi connectivity index (χ0v) is 12.6. The standard InChI is InChI=1S/C15H26N2O2/c1-5-6-14(18)17-8-7-15(11-17,12-19-4)10-16-9-13(2)3/h13,16H,7-12H2,1-4H3. The van der Waals surface area contributed by atoms with E-state index in [4.69, 9.17) is 4.74 Å². The van der Waals surface area contributed by atoms with E-state index in [2.05, 4.69) is 31.0 Å². The van der Waals surface area contributed by atoms with E-state index < -0.39 is 0 Å². The average Bonchev–Trinajstić information content (AvgIpc) is 2.74. The van der Waals surface area contributed by atoms with E-state index in [0.29, 0.717) is 12.5 Å². The van der Waals surface area contributed by atoms with Crippen LogP contribution in [-0.4, -0.2) is 50.7 Å². The van der Waals surface area contributed by atoms with Crippen molar-refractivity contribution in [3.8, 4) is 11.8 Å². The minimum atomic E-state index is -0.0654. The normalized spacial score (nSPS) is 22.5. The van der Waals surface area contributed by atoms with Crippen molar-refractivity contribution in [2.24, 2.45) is 11.3 Å². The Balaban J connectivity index is 2.58. The summed E-state index contributed by atoms with van der Waals surface area (Å²) in [6.45, 7) is 10.2. The first-order valence-corrected chi connectivity index (χ1v) is 6.94. The van der Waals surface area contributed by atoms with Crippen LogP contribution < -0.4 is 5.32 Å². The van der Waals surface area contributed by atoms with Crippen LogP contribution >= 0.6 is 0 Å². The molecule has 0 radical (unpaired) electrons. The third kappa shape index (κ3) is 4.85. The van der Waals surface area contributed by atoms with Gasteiger partial charge in [-0.1, -0.05) is 19.8 Å². The zero-order chi connectivity index (χ0) is 14.3. The molecule has 0 aliphatic carbocycles. The number of ether oxygens (including phenoxy) is 1. The van der Waals surface area contributed by atoms with Gasteiger partial charge in [0.25, 0.3) is 5.91 Å². The summed E-state index contributed by atoms with van der Waals surface area (Å²) in [6.07, 6.45) is 0.975. The number of likely N-dealkylation sites (tertiary alicyclic amines) is 1. The fourth-order valence-electron chi connectivity index (χ4n) is 2.54. The SMILES string of the molecule is CC#CC(=O)N1CCC(CNCC(C)C)(COC)C1. The summed E-state index contributed by atoms with van der Waals surface area (Å²) in [6, 6.07) is 0. The smallest absolute Gasteiger partial charge is 0.298 e. The van der Waals surface area contributed by atoms with Gasteiger partial charge in [0, 0.05) is 32.2 Å². The molecule has 0 spiro atoms. The molecular formula is C15H26N2O2. The highest BCUT2D eigenvalue weighted by atomic mass is 16.5. The van der Waals surface area contributed by atoms with E-state index >= 15 is 0 Å². The van der Waals surface area contributed by atoms with Crippen molar-refractivity contribution in [3.05, 3.63) is 0 Å². The molecule has 0 bridgehead atoms.